The Morgan fingerprint density at radius 1 is 1.39 bits per heavy atom. The average Bonchev–Trinajstić information content (AvgIpc) is 2.88. The molecular formula is C13H18ClNO2S. The lowest BCUT2D eigenvalue weighted by Gasteiger charge is -2.18. The highest BCUT2D eigenvalue weighted by Crippen LogP contribution is 2.28. The summed E-state index contributed by atoms with van der Waals surface area (Å²) in [7, 11) is -3.38. The van der Waals surface area contributed by atoms with Crippen LogP contribution in [0, 0.1) is 5.92 Å². The molecule has 0 amide bonds. The predicted octanol–water partition coefficient (Wildman–Crippen LogP) is 2.85. The van der Waals surface area contributed by atoms with Crippen LogP contribution in [0.3, 0.4) is 0 Å². The van der Waals surface area contributed by atoms with Gasteiger partial charge in [-0.3, -0.25) is 0 Å². The van der Waals surface area contributed by atoms with Gasteiger partial charge in [-0.05, 0) is 24.0 Å². The minimum absolute atomic E-state index is 0.223. The number of sulfonamides is 1. The number of rotatable bonds is 4. The molecule has 1 heterocycles. The summed E-state index contributed by atoms with van der Waals surface area (Å²) in [5.41, 5.74) is 0.680. The second kappa shape index (κ2) is 5.59. The van der Waals surface area contributed by atoms with Crippen molar-refractivity contribution in [2.45, 2.75) is 30.5 Å². The van der Waals surface area contributed by atoms with Gasteiger partial charge in [-0.25, -0.2) is 8.42 Å². The molecule has 1 saturated heterocycles. The Morgan fingerprint density at radius 3 is 2.72 bits per heavy atom. The van der Waals surface area contributed by atoms with Gasteiger partial charge < -0.3 is 0 Å². The summed E-state index contributed by atoms with van der Waals surface area (Å²) in [5, 5.41) is 0. The maximum atomic E-state index is 12.5. The van der Waals surface area contributed by atoms with Gasteiger partial charge in [0, 0.05) is 19.0 Å². The Bertz CT molecular complexity index is 515. The maximum absolute atomic E-state index is 12.5. The molecule has 2 rings (SSSR count). The van der Waals surface area contributed by atoms with E-state index in [9.17, 15) is 8.42 Å². The van der Waals surface area contributed by atoms with E-state index in [1.54, 1.807) is 22.5 Å². The quantitative estimate of drug-likeness (QED) is 0.799. The molecule has 1 fully saturated rings. The highest BCUT2D eigenvalue weighted by molar-refractivity contribution is 7.89. The van der Waals surface area contributed by atoms with E-state index in [2.05, 4.69) is 6.92 Å². The zero-order chi connectivity index (χ0) is 13.2. The lowest BCUT2D eigenvalue weighted by molar-refractivity contribution is 0.452. The Hall–Kier alpha value is -0.580. The van der Waals surface area contributed by atoms with Crippen molar-refractivity contribution in [3.63, 3.8) is 0 Å². The molecular weight excluding hydrogens is 270 g/mol. The van der Waals surface area contributed by atoms with Crippen LogP contribution in [-0.4, -0.2) is 25.8 Å². The number of halogens is 1. The molecule has 0 aliphatic carbocycles. The topological polar surface area (TPSA) is 37.4 Å². The van der Waals surface area contributed by atoms with Crippen LogP contribution in [0.25, 0.3) is 0 Å². The third-order valence-electron chi connectivity index (χ3n) is 3.56. The van der Waals surface area contributed by atoms with E-state index in [-0.39, 0.29) is 5.88 Å². The SMILES string of the molecule is CCC1CCN(S(=O)(=O)c2ccccc2CCl)C1. The van der Waals surface area contributed by atoms with Gasteiger partial charge in [0.2, 0.25) is 10.0 Å². The van der Waals surface area contributed by atoms with Crippen molar-refractivity contribution in [3.8, 4) is 0 Å². The second-order valence-electron chi connectivity index (χ2n) is 4.67. The molecule has 0 aromatic heterocycles. The van der Waals surface area contributed by atoms with E-state index in [4.69, 9.17) is 11.6 Å². The summed E-state index contributed by atoms with van der Waals surface area (Å²) in [6.45, 7) is 3.36. The average molecular weight is 288 g/mol. The van der Waals surface area contributed by atoms with E-state index < -0.39 is 10.0 Å². The summed E-state index contributed by atoms with van der Waals surface area (Å²) in [5.74, 6) is 0.712. The molecule has 18 heavy (non-hydrogen) atoms. The van der Waals surface area contributed by atoms with E-state index >= 15 is 0 Å². The summed E-state index contributed by atoms with van der Waals surface area (Å²) in [6, 6.07) is 6.98. The zero-order valence-electron chi connectivity index (χ0n) is 10.5. The van der Waals surface area contributed by atoms with Gasteiger partial charge in [0.1, 0.15) is 0 Å². The molecule has 1 atom stereocenters. The Balaban J connectivity index is 2.31. The normalized spacial score (nSPS) is 21.3. The van der Waals surface area contributed by atoms with Crippen LogP contribution in [0.5, 0.6) is 0 Å². The van der Waals surface area contributed by atoms with Crippen molar-refractivity contribution in [1.82, 2.24) is 4.31 Å². The molecule has 5 heteroatoms. The fourth-order valence-electron chi connectivity index (χ4n) is 2.35. The van der Waals surface area contributed by atoms with Crippen LogP contribution in [0.15, 0.2) is 29.2 Å². The number of hydrogen-bond donors (Lipinski definition) is 0. The molecule has 1 aromatic carbocycles. The van der Waals surface area contributed by atoms with Crippen molar-refractivity contribution >= 4 is 21.6 Å². The molecule has 0 bridgehead atoms. The second-order valence-corrected chi connectivity index (χ2v) is 6.84. The lowest BCUT2D eigenvalue weighted by Crippen LogP contribution is -2.29. The standard InChI is InChI=1S/C13H18ClNO2S/c1-2-11-7-8-15(10-11)18(16,17)13-6-4-3-5-12(13)9-14/h3-6,11H,2,7-10H2,1H3. The van der Waals surface area contributed by atoms with Crippen molar-refractivity contribution in [1.29, 1.82) is 0 Å². The van der Waals surface area contributed by atoms with Gasteiger partial charge >= 0.3 is 0 Å². The van der Waals surface area contributed by atoms with Crippen LogP contribution < -0.4 is 0 Å². The van der Waals surface area contributed by atoms with Gasteiger partial charge in [0.05, 0.1) is 4.90 Å². The Labute approximate surface area is 114 Å². The first-order valence-electron chi connectivity index (χ1n) is 6.23. The van der Waals surface area contributed by atoms with Gasteiger partial charge in [-0.15, -0.1) is 11.6 Å². The molecule has 0 spiro atoms. The van der Waals surface area contributed by atoms with E-state index in [0.717, 1.165) is 12.8 Å². The molecule has 0 saturated carbocycles. The van der Waals surface area contributed by atoms with E-state index in [0.29, 0.717) is 29.5 Å². The summed E-state index contributed by atoms with van der Waals surface area (Å²) < 4.78 is 26.7. The van der Waals surface area contributed by atoms with Crippen molar-refractivity contribution < 1.29 is 8.42 Å². The fraction of sp³-hybridized carbons (Fsp3) is 0.538. The minimum atomic E-state index is -3.38. The monoisotopic (exact) mass is 287 g/mol. The van der Waals surface area contributed by atoms with Crippen LogP contribution in [0.2, 0.25) is 0 Å². The molecule has 1 aliphatic heterocycles. The lowest BCUT2D eigenvalue weighted by atomic mass is 10.1. The van der Waals surface area contributed by atoms with Crippen LogP contribution >= 0.6 is 11.6 Å². The maximum Gasteiger partial charge on any atom is 0.243 e. The molecule has 1 unspecified atom stereocenters. The number of benzene rings is 1. The molecule has 1 aromatic rings. The van der Waals surface area contributed by atoms with Gasteiger partial charge in [-0.1, -0.05) is 31.5 Å². The van der Waals surface area contributed by atoms with E-state index in [1.165, 1.54) is 0 Å². The number of alkyl halides is 1. The van der Waals surface area contributed by atoms with Crippen LogP contribution in [0.1, 0.15) is 25.3 Å². The van der Waals surface area contributed by atoms with Gasteiger partial charge in [-0.2, -0.15) is 4.31 Å². The first-order chi connectivity index (χ1) is 8.59. The van der Waals surface area contributed by atoms with Crippen LogP contribution in [0.4, 0.5) is 0 Å². The number of nitrogens with zero attached hydrogens (tertiary/aromatic N) is 1. The summed E-state index contributed by atoms with van der Waals surface area (Å²) in [6.07, 6.45) is 1.99. The summed E-state index contributed by atoms with van der Waals surface area (Å²) in [4.78, 5) is 0.358. The smallest absolute Gasteiger partial charge is 0.207 e. The zero-order valence-corrected chi connectivity index (χ0v) is 12.0. The highest BCUT2D eigenvalue weighted by atomic mass is 35.5. The Kier molecular flexibility index (Phi) is 4.30. The number of hydrogen-bond acceptors (Lipinski definition) is 2. The largest absolute Gasteiger partial charge is 0.243 e. The third kappa shape index (κ3) is 2.56. The summed E-state index contributed by atoms with van der Waals surface area (Å²) >= 11 is 5.82. The molecule has 0 radical (unpaired) electrons. The highest BCUT2D eigenvalue weighted by Gasteiger charge is 2.32. The molecule has 0 N–H and O–H groups in total. The van der Waals surface area contributed by atoms with Crippen LogP contribution in [-0.2, 0) is 15.9 Å². The van der Waals surface area contributed by atoms with Crippen molar-refractivity contribution in [2.75, 3.05) is 13.1 Å². The van der Waals surface area contributed by atoms with Crippen molar-refractivity contribution in [3.05, 3.63) is 29.8 Å². The molecule has 1 aliphatic rings. The Morgan fingerprint density at radius 2 is 2.11 bits per heavy atom. The van der Waals surface area contributed by atoms with Gasteiger partial charge in [0.25, 0.3) is 0 Å². The minimum Gasteiger partial charge on any atom is -0.207 e. The molecule has 3 nitrogen and oxygen atoms in total. The molecule has 100 valence electrons. The first-order valence-corrected chi connectivity index (χ1v) is 8.21. The van der Waals surface area contributed by atoms with Gasteiger partial charge in [0.15, 0.2) is 0 Å². The first kappa shape index (κ1) is 13.8. The van der Waals surface area contributed by atoms with E-state index in [1.807, 2.05) is 6.07 Å². The van der Waals surface area contributed by atoms with Crippen molar-refractivity contribution in [2.24, 2.45) is 5.92 Å². The fourth-order valence-corrected chi connectivity index (χ4v) is 4.42. The third-order valence-corrected chi connectivity index (χ3v) is 5.81. The predicted molar refractivity (Wildman–Crippen MR) is 73.2 cm³/mol.